The van der Waals surface area contributed by atoms with Crippen LogP contribution in [0.4, 0.5) is 4.79 Å². The molecule has 0 unspecified atom stereocenters. The van der Waals surface area contributed by atoms with Gasteiger partial charge in [-0.25, -0.2) is 9.48 Å². The minimum atomic E-state index is -0.445. The molecule has 8 nitrogen and oxygen atoms in total. The third-order valence-corrected chi connectivity index (χ3v) is 5.22. The molecule has 8 heteroatoms. The summed E-state index contributed by atoms with van der Waals surface area (Å²) in [6.07, 6.45) is 9.42. The highest BCUT2D eigenvalue weighted by Crippen LogP contribution is 2.24. The molecule has 4 rings (SSSR count). The van der Waals surface area contributed by atoms with E-state index in [1.807, 2.05) is 48.7 Å². The van der Waals surface area contributed by atoms with E-state index in [-0.39, 0.29) is 5.91 Å². The topological polar surface area (TPSA) is 97.4 Å². The maximum atomic E-state index is 12.8. The zero-order chi connectivity index (χ0) is 21.6. The van der Waals surface area contributed by atoms with Crippen molar-refractivity contribution < 1.29 is 9.59 Å². The number of primary amides is 1. The number of hydrogen-bond acceptors (Lipinski definition) is 4. The standard InChI is InChI=1S/C23H24N6O2/c24-23(31)28-13-5-12-27(14-15-28)21(30)10-9-19-17-29(20-7-2-1-3-8-20)26-22(19)18-6-4-11-25-16-18/h1-4,6-11,16-17H,5,12-15H2,(H2,24,31)/b10-9+. The molecule has 2 N–H and O–H groups in total. The summed E-state index contributed by atoms with van der Waals surface area (Å²) in [4.78, 5) is 31.7. The fraction of sp³-hybridized carbons (Fsp3) is 0.217. The lowest BCUT2D eigenvalue weighted by Crippen LogP contribution is -2.39. The van der Waals surface area contributed by atoms with E-state index in [9.17, 15) is 9.59 Å². The van der Waals surface area contributed by atoms with Crippen LogP contribution in [-0.2, 0) is 4.79 Å². The van der Waals surface area contributed by atoms with Crippen molar-refractivity contribution in [3.05, 3.63) is 72.7 Å². The van der Waals surface area contributed by atoms with Crippen LogP contribution in [0.5, 0.6) is 0 Å². The Bertz CT molecular complexity index is 1080. The minimum Gasteiger partial charge on any atom is -0.351 e. The number of carbonyl (C=O) groups excluding carboxylic acids is 2. The molecule has 0 saturated carbocycles. The summed E-state index contributed by atoms with van der Waals surface area (Å²) in [7, 11) is 0. The lowest BCUT2D eigenvalue weighted by Gasteiger charge is -2.19. The van der Waals surface area contributed by atoms with Gasteiger partial charge in [-0.05, 0) is 36.8 Å². The summed E-state index contributed by atoms with van der Waals surface area (Å²) < 4.78 is 1.79. The number of urea groups is 1. The molecule has 3 heterocycles. The minimum absolute atomic E-state index is 0.101. The smallest absolute Gasteiger partial charge is 0.314 e. The molecule has 3 aromatic rings. The average molecular weight is 416 g/mol. The summed E-state index contributed by atoms with van der Waals surface area (Å²) in [5, 5.41) is 4.73. The van der Waals surface area contributed by atoms with E-state index < -0.39 is 6.03 Å². The molecule has 2 aromatic heterocycles. The number of pyridine rings is 1. The van der Waals surface area contributed by atoms with Crippen molar-refractivity contribution in [1.82, 2.24) is 24.6 Å². The molecule has 1 aliphatic heterocycles. The zero-order valence-electron chi connectivity index (χ0n) is 17.1. The molecular formula is C23H24N6O2. The number of hydrogen-bond donors (Lipinski definition) is 1. The van der Waals surface area contributed by atoms with Crippen LogP contribution >= 0.6 is 0 Å². The Labute approximate surface area is 180 Å². The van der Waals surface area contributed by atoms with E-state index in [0.717, 1.165) is 22.5 Å². The molecular weight excluding hydrogens is 392 g/mol. The highest BCUT2D eigenvalue weighted by molar-refractivity contribution is 5.93. The van der Waals surface area contributed by atoms with Crippen LogP contribution < -0.4 is 5.73 Å². The lowest BCUT2D eigenvalue weighted by atomic mass is 10.1. The van der Waals surface area contributed by atoms with Gasteiger partial charge in [-0.15, -0.1) is 0 Å². The first-order valence-electron chi connectivity index (χ1n) is 10.2. The SMILES string of the molecule is NC(=O)N1CCCN(C(=O)/C=C/c2cn(-c3ccccc3)nc2-c2cccnc2)CC1. The quantitative estimate of drug-likeness (QED) is 0.661. The van der Waals surface area contributed by atoms with Crippen LogP contribution in [0.3, 0.4) is 0 Å². The molecule has 0 spiro atoms. The van der Waals surface area contributed by atoms with Crippen molar-refractivity contribution >= 4 is 18.0 Å². The second-order valence-electron chi connectivity index (χ2n) is 7.29. The summed E-state index contributed by atoms with van der Waals surface area (Å²) >= 11 is 0. The van der Waals surface area contributed by atoms with E-state index in [1.54, 1.807) is 39.0 Å². The Morgan fingerprint density at radius 1 is 0.968 bits per heavy atom. The van der Waals surface area contributed by atoms with Crippen LogP contribution in [0.1, 0.15) is 12.0 Å². The third-order valence-electron chi connectivity index (χ3n) is 5.22. The van der Waals surface area contributed by atoms with Gasteiger partial charge in [-0.2, -0.15) is 5.10 Å². The van der Waals surface area contributed by atoms with Crippen molar-refractivity contribution in [2.75, 3.05) is 26.2 Å². The molecule has 0 aliphatic carbocycles. The maximum Gasteiger partial charge on any atom is 0.314 e. The van der Waals surface area contributed by atoms with Crippen molar-refractivity contribution in [1.29, 1.82) is 0 Å². The predicted octanol–water partition coefficient (Wildman–Crippen LogP) is 2.56. The van der Waals surface area contributed by atoms with E-state index >= 15 is 0 Å². The number of benzene rings is 1. The van der Waals surface area contributed by atoms with Gasteiger partial charge in [0.05, 0.1) is 5.69 Å². The highest BCUT2D eigenvalue weighted by Gasteiger charge is 2.19. The number of carbonyl (C=O) groups is 2. The van der Waals surface area contributed by atoms with Crippen molar-refractivity contribution in [3.8, 4) is 16.9 Å². The first-order valence-corrected chi connectivity index (χ1v) is 10.2. The number of nitrogens with two attached hydrogens (primary N) is 1. The first kappa shape index (κ1) is 20.3. The Morgan fingerprint density at radius 2 is 1.74 bits per heavy atom. The molecule has 0 bridgehead atoms. The number of rotatable bonds is 4. The maximum absolute atomic E-state index is 12.8. The number of aromatic nitrogens is 3. The summed E-state index contributed by atoms with van der Waals surface area (Å²) in [6, 6.07) is 13.2. The molecule has 1 fully saturated rings. The Kier molecular flexibility index (Phi) is 6.07. The van der Waals surface area contributed by atoms with Crippen LogP contribution in [0.2, 0.25) is 0 Å². The lowest BCUT2D eigenvalue weighted by molar-refractivity contribution is -0.125. The normalized spacial score (nSPS) is 14.6. The summed E-state index contributed by atoms with van der Waals surface area (Å²) in [5.41, 5.74) is 8.74. The second-order valence-corrected chi connectivity index (χ2v) is 7.29. The fourth-order valence-corrected chi connectivity index (χ4v) is 3.57. The van der Waals surface area contributed by atoms with Gasteiger partial charge in [0.25, 0.3) is 0 Å². The largest absolute Gasteiger partial charge is 0.351 e. The van der Waals surface area contributed by atoms with Gasteiger partial charge in [0.2, 0.25) is 5.91 Å². The molecule has 0 atom stereocenters. The molecule has 158 valence electrons. The van der Waals surface area contributed by atoms with Crippen LogP contribution in [0.15, 0.2) is 67.1 Å². The monoisotopic (exact) mass is 416 g/mol. The van der Waals surface area contributed by atoms with Gasteiger partial charge in [-0.1, -0.05) is 18.2 Å². The third kappa shape index (κ3) is 4.80. The van der Waals surface area contributed by atoms with E-state index in [2.05, 4.69) is 4.98 Å². The van der Waals surface area contributed by atoms with Crippen molar-refractivity contribution in [2.45, 2.75) is 6.42 Å². The molecule has 1 saturated heterocycles. The zero-order valence-corrected chi connectivity index (χ0v) is 17.1. The van der Waals surface area contributed by atoms with E-state index in [1.165, 1.54) is 0 Å². The van der Waals surface area contributed by atoms with Gasteiger partial charge in [0.1, 0.15) is 5.69 Å². The van der Waals surface area contributed by atoms with Crippen LogP contribution in [0, 0.1) is 0 Å². The van der Waals surface area contributed by atoms with Crippen LogP contribution in [-0.4, -0.2) is 62.7 Å². The van der Waals surface area contributed by atoms with Gasteiger partial charge >= 0.3 is 6.03 Å². The van der Waals surface area contributed by atoms with Gasteiger partial charge in [-0.3, -0.25) is 9.78 Å². The first-order chi connectivity index (χ1) is 15.1. The fourth-order valence-electron chi connectivity index (χ4n) is 3.57. The van der Waals surface area contributed by atoms with Gasteiger partial charge < -0.3 is 15.5 Å². The second kappa shape index (κ2) is 9.25. The number of para-hydroxylation sites is 1. The molecule has 3 amide bonds. The molecule has 1 aliphatic rings. The average Bonchev–Trinajstić information content (AvgIpc) is 3.07. The van der Waals surface area contributed by atoms with Crippen molar-refractivity contribution in [3.63, 3.8) is 0 Å². The summed E-state index contributed by atoms with van der Waals surface area (Å²) in [6.45, 7) is 2.07. The van der Waals surface area contributed by atoms with Crippen molar-refractivity contribution in [2.24, 2.45) is 5.73 Å². The molecule has 0 radical (unpaired) electrons. The number of amides is 3. The van der Waals surface area contributed by atoms with Crippen LogP contribution in [0.25, 0.3) is 23.0 Å². The molecule has 31 heavy (non-hydrogen) atoms. The van der Waals surface area contributed by atoms with E-state index in [0.29, 0.717) is 32.6 Å². The Hall–Kier alpha value is -3.94. The predicted molar refractivity (Wildman–Crippen MR) is 118 cm³/mol. The summed E-state index contributed by atoms with van der Waals surface area (Å²) in [5.74, 6) is -0.101. The Morgan fingerprint density at radius 3 is 2.48 bits per heavy atom. The highest BCUT2D eigenvalue weighted by atomic mass is 16.2. The Balaban J connectivity index is 1.58. The van der Waals surface area contributed by atoms with Gasteiger partial charge in [0.15, 0.2) is 0 Å². The molecule has 1 aromatic carbocycles. The van der Waals surface area contributed by atoms with Gasteiger partial charge in [0, 0.05) is 62.0 Å². The number of nitrogens with zero attached hydrogens (tertiary/aromatic N) is 5. The van der Waals surface area contributed by atoms with E-state index in [4.69, 9.17) is 10.8 Å².